The van der Waals surface area contributed by atoms with Gasteiger partial charge < -0.3 is 11.5 Å². The van der Waals surface area contributed by atoms with Gasteiger partial charge >= 0.3 is 0 Å². The van der Waals surface area contributed by atoms with Crippen molar-refractivity contribution in [3.63, 3.8) is 0 Å². The average molecular weight is 217 g/mol. The molecule has 0 radical (unpaired) electrons. The number of nitrogens with zero attached hydrogens (tertiary/aromatic N) is 3. The molecule has 0 bridgehead atoms. The first-order chi connectivity index (χ1) is 7.56. The van der Waals surface area contributed by atoms with Crippen molar-refractivity contribution < 1.29 is 0 Å². The van der Waals surface area contributed by atoms with Gasteiger partial charge in [-0.15, -0.1) is 0 Å². The highest BCUT2D eigenvalue weighted by Crippen LogP contribution is 2.19. The van der Waals surface area contributed by atoms with Crippen molar-refractivity contribution in [3.8, 4) is 0 Å². The van der Waals surface area contributed by atoms with Gasteiger partial charge in [0.25, 0.3) is 0 Å². The van der Waals surface area contributed by atoms with Crippen molar-refractivity contribution in [2.45, 2.75) is 20.3 Å². The lowest BCUT2D eigenvalue weighted by molar-refractivity contribution is 0.646. The van der Waals surface area contributed by atoms with Crippen LogP contribution in [0.15, 0.2) is 12.3 Å². The molecular formula is C11H15N5. The number of aromatic nitrogens is 3. The van der Waals surface area contributed by atoms with Gasteiger partial charge in [0.1, 0.15) is 5.82 Å². The number of nitrogens with two attached hydrogens (primary N) is 2. The molecule has 0 aromatic carbocycles. The fourth-order valence-corrected chi connectivity index (χ4v) is 1.68. The van der Waals surface area contributed by atoms with Crippen molar-refractivity contribution in [1.82, 2.24) is 15.0 Å². The van der Waals surface area contributed by atoms with E-state index in [0.29, 0.717) is 17.4 Å². The van der Waals surface area contributed by atoms with Gasteiger partial charge in [-0.2, -0.15) is 9.97 Å². The van der Waals surface area contributed by atoms with E-state index in [0.717, 1.165) is 17.4 Å². The van der Waals surface area contributed by atoms with Crippen LogP contribution in [0.25, 0.3) is 11.0 Å². The van der Waals surface area contributed by atoms with E-state index in [9.17, 15) is 0 Å². The summed E-state index contributed by atoms with van der Waals surface area (Å²) in [5.74, 6) is 1.13. The SMILES string of the molecule is CC(C)Cc1cnc2nc(N)nc(N)c2c1. The van der Waals surface area contributed by atoms with Gasteiger partial charge in [0.2, 0.25) is 5.95 Å². The first-order valence-electron chi connectivity index (χ1n) is 5.24. The third-order valence-corrected chi connectivity index (χ3v) is 2.30. The third kappa shape index (κ3) is 2.03. The Hall–Kier alpha value is -1.91. The average Bonchev–Trinajstić information content (AvgIpc) is 2.18. The maximum absolute atomic E-state index is 5.79. The van der Waals surface area contributed by atoms with Crippen molar-refractivity contribution >= 4 is 22.8 Å². The number of hydrogen-bond donors (Lipinski definition) is 2. The van der Waals surface area contributed by atoms with Crippen molar-refractivity contribution in [3.05, 3.63) is 17.8 Å². The Morgan fingerprint density at radius 2 is 2.00 bits per heavy atom. The Labute approximate surface area is 93.9 Å². The highest BCUT2D eigenvalue weighted by Gasteiger charge is 2.06. The standard InChI is InChI=1S/C11H15N5/c1-6(2)3-7-4-8-9(12)15-11(13)16-10(8)14-5-7/h4-6H,3H2,1-2H3,(H4,12,13,14,15,16). The summed E-state index contributed by atoms with van der Waals surface area (Å²) in [6, 6.07) is 1.98. The van der Waals surface area contributed by atoms with Crippen LogP contribution in [0.3, 0.4) is 0 Å². The topological polar surface area (TPSA) is 90.7 Å². The molecule has 0 aliphatic carbocycles. The van der Waals surface area contributed by atoms with E-state index in [1.165, 1.54) is 0 Å². The molecule has 5 nitrogen and oxygen atoms in total. The molecule has 0 saturated carbocycles. The Kier molecular flexibility index (Phi) is 2.60. The van der Waals surface area contributed by atoms with E-state index in [2.05, 4.69) is 28.8 Å². The third-order valence-electron chi connectivity index (χ3n) is 2.30. The minimum atomic E-state index is 0.161. The molecular weight excluding hydrogens is 202 g/mol. The minimum Gasteiger partial charge on any atom is -0.383 e. The first kappa shape index (κ1) is 10.6. The predicted octanol–water partition coefficient (Wildman–Crippen LogP) is 1.39. The van der Waals surface area contributed by atoms with Crippen LogP contribution in [0.1, 0.15) is 19.4 Å². The largest absolute Gasteiger partial charge is 0.383 e. The van der Waals surface area contributed by atoms with Gasteiger partial charge in [0, 0.05) is 6.20 Å². The molecule has 0 atom stereocenters. The molecule has 0 unspecified atom stereocenters. The normalized spacial score (nSPS) is 11.2. The van der Waals surface area contributed by atoms with Gasteiger partial charge in [-0.1, -0.05) is 13.8 Å². The molecule has 0 aliphatic rings. The lowest BCUT2D eigenvalue weighted by Gasteiger charge is -2.06. The Morgan fingerprint density at radius 1 is 1.25 bits per heavy atom. The van der Waals surface area contributed by atoms with Crippen LogP contribution in [-0.2, 0) is 6.42 Å². The van der Waals surface area contributed by atoms with Crippen molar-refractivity contribution in [1.29, 1.82) is 0 Å². The summed E-state index contributed by atoms with van der Waals surface area (Å²) >= 11 is 0. The van der Waals surface area contributed by atoms with Crippen LogP contribution < -0.4 is 11.5 Å². The number of fused-ring (bicyclic) bond motifs is 1. The summed E-state index contributed by atoms with van der Waals surface area (Å²) in [4.78, 5) is 12.2. The fourth-order valence-electron chi connectivity index (χ4n) is 1.68. The molecule has 16 heavy (non-hydrogen) atoms. The van der Waals surface area contributed by atoms with Gasteiger partial charge in [-0.3, -0.25) is 0 Å². The van der Waals surface area contributed by atoms with Gasteiger partial charge in [-0.25, -0.2) is 4.98 Å². The molecule has 5 heteroatoms. The molecule has 2 heterocycles. The summed E-state index contributed by atoms with van der Waals surface area (Å²) in [5.41, 5.74) is 13.0. The molecule has 2 aromatic heterocycles. The lowest BCUT2D eigenvalue weighted by Crippen LogP contribution is -2.03. The van der Waals surface area contributed by atoms with Crippen LogP contribution in [-0.4, -0.2) is 15.0 Å². The molecule has 2 aromatic rings. The Balaban J connectivity index is 2.53. The molecule has 0 spiro atoms. The summed E-state index contributed by atoms with van der Waals surface area (Å²) < 4.78 is 0. The van der Waals surface area contributed by atoms with Gasteiger partial charge in [-0.05, 0) is 24.0 Å². The van der Waals surface area contributed by atoms with Crippen molar-refractivity contribution in [2.75, 3.05) is 11.5 Å². The number of nitrogen functional groups attached to an aromatic ring is 2. The zero-order chi connectivity index (χ0) is 11.7. The van der Waals surface area contributed by atoms with Crippen LogP contribution >= 0.6 is 0 Å². The van der Waals surface area contributed by atoms with E-state index in [1.807, 2.05) is 12.3 Å². The highest BCUT2D eigenvalue weighted by molar-refractivity contribution is 5.86. The summed E-state index contributed by atoms with van der Waals surface area (Å²) in [6.45, 7) is 4.32. The minimum absolute atomic E-state index is 0.161. The van der Waals surface area contributed by atoms with E-state index in [1.54, 1.807) is 0 Å². The molecule has 0 amide bonds. The summed E-state index contributed by atoms with van der Waals surface area (Å²) in [7, 11) is 0. The number of rotatable bonds is 2. The van der Waals surface area contributed by atoms with E-state index >= 15 is 0 Å². The summed E-state index contributed by atoms with van der Waals surface area (Å²) in [6.07, 6.45) is 2.78. The molecule has 4 N–H and O–H groups in total. The Bertz CT molecular complexity index is 521. The second kappa shape index (κ2) is 3.92. The maximum Gasteiger partial charge on any atom is 0.224 e. The molecule has 0 fully saturated rings. The van der Waals surface area contributed by atoms with E-state index in [-0.39, 0.29) is 5.95 Å². The Morgan fingerprint density at radius 3 is 2.69 bits per heavy atom. The zero-order valence-electron chi connectivity index (χ0n) is 9.44. The second-order valence-corrected chi connectivity index (χ2v) is 4.28. The lowest BCUT2D eigenvalue weighted by atomic mass is 10.0. The van der Waals surface area contributed by atoms with Gasteiger partial charge in [0.15, 0.2) is 5.65 Å². The van der Waals surface area contributed by atoms with Crippen LogP contribution in [0.5, 0.6) is 0 Å². The van der Waals surface area contributed by atoms with Crippen LogP contribution in [0.4, 0.5) is 11.8 Å². The van der Waals surface area contributed by atoms with Crippen molar-refractivity contribution in [2.24, 2.45) is 5.92 Å². The molecule has 2 rings (SSSR count). The molecule has 0 saturated heterocycles. The fraction of sp³-hybridized carbons (Fsp3) is 0.364. The first-order valence-corrected chi connectivity index (χ1v) is 5.24. The summed E-state index contributed by atoms with van der Waals surface area (Å²) in [5, 5.41) is 0.771. The quantitative estimate of drug-likeness (QED) is 0.793. The molecule has 0 aliphatic heterocycles. The van der Waals surface area contributed by atoms with Crippen LogP contribution in [0.2, 0.25) is 0 Å². The van der Waals surface area contributed by atoms with Crippen LogP contribution in [0, 0.1) is 5.92 Å². The van der Waals surface area contributed by atoms with E-state index in [4.69, 9.17) is 11.5 Å². The number of hydrogen-bond acceptors (Lipinski definition) is 5. The number of anilines is 2. The second-order valence-electron chi connectivity index (χ2n) is 4.28. The number of pyridine rings is 1. The highest BCUT2D eigenvalue weighted by atomic mass is 15.1. The predicted molar refractivity (Wildman–Crippen MR) is 64.7 cm³/mol. The monoisotopic (exact) mass is 217 g/mol. The molecule has 84 valence electrons. The maximum atomic E-state index is 5.79. The van der Waals surface area contributed by atoms with Gasteiger partial charge in [0.05, 0.1) is 5.39 Å². The smallest absolute Gasteiger partial charge is 0.224 e. The zero-order valence-corrected chi connectivity index (χ0v) is 9.44. The van der Waals surface area contributed by atoms with E-state index < -0.39 is 0 Å².